The van der Waals surface area contributed by atoms with Gasteiger partial charge in [-0.05, 0) is 51.2 Å². The average molecular weight is 414 g/mol. The summed E-state index contributed by atoms with van der Waals surface area (Å²) in [6.07, 6.45) is 0.942. The highest BCUT2D eigenvalue weighted by Gasteiger charge is 2.12. The molecule has 0 saturated heterocycles. The van der Waals surface area contributed by atoms with Crippen molar-refractivity contribution in [2.24, 2.45) is 0 Å². The first-order valence-electron chi connectivity index (χ1n) is 6.71. The molecule has 21 heavy (non-hydrogen) atoms. The molecule has 2 aromatic carbocycles. The van der Waals surface area contributed by atoms with Crippen molar-refractivity contribution in [2.45, 2.75) is 11.2 Å². The van der Waals surface area contributed by atoms with Gasteiger partial charge < -0.3 is 9.47 Å². The van der Waals surface area contributed by atoms with Gasteiger partial charge in [0.05, 0.1) is 23.0 Å². The molecule has 0 bridgehead atoms. The number of ether oxygens (including phenoxy) is 2. The smallest absolute Gasteiger partial charge is 0.133 e. The highest BCUT2D eigenvalue weighted by atomic mass is 79.9. The van der Waals surface area contributed by atoms with Crippen molar-refractivity contribution in [1.82, 2.24) is 0 Å². The van der Waals surface area contributed by atoms with E-state index in [4.69, 9.17) is 9.47 Å². The Morgan fingerprint density at radius 1 is 1.00 bits per heavy atom. The van der Waals surface area contributed by atoms with Gasteiger partial charge >= 0.3 is 0 Å². The van der Waals surface area contributed by atoms with E-state index >= 15 is 0 Å². The van der Waals surface area contributed by atoms with Gasteiger partial charge in [0.25, 0.3) is 0 Å². The molecule has 0 heterocycles. The first kappa shape index (κ1) is 16.5. The Morgan fingerprint density at radius 3 is 2.24 bits per heavy atom. The van der Waals surface area contributed by atoms with E-state index in [0.717, 1.165) is 23.2 Å². The maximum absolute atomic E-state index is 5.26. The Bertz CT molecular complexity index is 582. The Balaban J connectivity index is 2.15. The monoisotopic (exact) mass is 412 g/mol. The number of hydrogen-bond acceptors (Lipinski definition) is 2. The molecule has 0 aliphatic rings. The van der Waals surface area contributed by atoms with Gasteiger partial charge in [0.1, 0.15) is 5.75 Å². The van der Waals surface area contributed by atoms with Crippen LogP contribution in [0, 0.1) is 0 Å². The van der Waals surface area contributed by atoms with E-state index in [1.54, 1.807) is 14.2 Å². The van der Waals surface area contributed by atoms with Gasteiger partial charge in [-0.25, -0.2) is 0 Å². The second-order valence-corrected chi connectivity index (χ2v) is 6.51. The molecule has 0 aliphatic carbocycles. The fourth-order valence-electron chi connectivity index (χ4n) is 2.11. The summed E-state index contributed by atoms with van der Waals surface area (Å²) in [5.41, 5.74) is 3.71. The molecule has 2 rings (SSSR count). The number of alkyl halides is 1. The quantitative estimate of drug-likeness (QED) is 0.611. The summed E-state index contributed by atoms with van der Waals surface area (Å²) in [6, 6.07) is 14.7. The van der Waals surface area contributed by atoms with Crippen molar-refractivity contribution < 1.29 is 9.47 Å². The molecule has 2 nitrogen and oxygen atoms in total. The lowest BCUT2D eigenvalue weighted by atomic mass is 10.0. The van der Waals surface area contributed by atoms with Crippen molar-refractivity contribution >= 4 is 31.9 Å². The predicted octanol–water partition coefficient (Wildman–Crippen LogP) is 5.13. The molecule has 1 unspecified atom stereocenters. The topological polar surface area (TPSA) is 18.5 Å². The fourth-order valence-corrected chi connectivity index (χ4v) is 3.25. The Labute approximate surface area is 142 Å². The van der Waals surface area contributed by atoms with Crippen LogP contribution in [-0.2, 0) is 11.2 Å². The van der Waals surface area contributed by atoms with Crippen LogP contribution in [0.4, 0.5) is 0 Å². The van der Waals surface area contributed by atoms with E-state index in [1.165, 1.54) is 16.7 Å². The van der Waals surface area contributed by atoms with Crippen molar-refractivity contribution in [3.05, 3.63) is 63.6 Å². The van der Waals surface area contributed by atoms with E-state index in [-0.39, 0.29) is 4.83 Å². The van der Waals surface area contributed by atoms with Crippen LogP contribution in [-0.4, -0.2) is 20.8 Å². The van der Waals surface area contributed by atoms with Crippen LogP contribution in [0.2, 0.25) is 0 Å². The highest BCUT2D eigenvalue weighted by molar-refractivity contribution is 9.10. The van der Waals surface area contributed by atoms with Gasteiger partial charge in [0, 0.05) is 7.11 Å². The summed E-state index contributed by atoms with van der Waals surface area (Å²) in [6.45, 7) is 0.752. The lowest BCUT2D eigenvalue weighted by Crippen LogP contribution is -1.97. The van der Waals surface area contributed by atoms with Gasteiger partial charge in [0.2, 0.25) is 0 Å². The number of rotatable bonds is 6. The van der Waals surface area contributed by atoms with Crippen LogP contribution in [0.5, 0.6) is 5.75 Å². The Hall–Kier alpha value is -0.840. The SMILES string of the molecule is COCCc1ccc(C(Br)c2ccc(OC)c(Br)c2)cc1. The van der Waals surface area contributed by atoms with E-state index in [1.807, 2.05) is 6.07 Å². The molecule has 1 atom stereocenters. The van der Waals surface area contributed by atoms with E-state index in [2.05, 4.69) is 68.3 Å². The molecule has 0 radical (unpaired) electrons. The van der Waals surface area contributed by atoms with Crippen LogP contribution in [0.25, 0.3) is 0 Å². The van der Waals surface area contributed by atoms with E-state index < -0.39 is 0 Å². The predicted molar refractivity (Wildman–Crippen MR) is 93.5 cm³/mol. The molecular weight excluding hydrogens is 396 g/mol. The first-order valence-corrected chi connectivity index (χ1v) is 8.42. The number of halogens is 2. The summed E-state index contributed by atoms with van der Waals surface area (Å²) in [5, 5.41) is 0. The van der Waals surface area contributed by atoms with Crippen LogP contribution in [0.1, 0.15) is 21.5 Å². The maximum Gasteiger partial charge on any atom is 0.133 e. The van der Waals surface area contributed by atoms with E-state index in [9.17, 15) is 0 Å². The van der Waals surface area contributed by atoms with Crippen molar-refractivity contribution in [1.29, 1.82) is 0 Å². The lowest BCUT2D eigenvalue weighted by Gasteiger charge is -2.13. The maximum atomic E-state index is 5.26. The number of benzene rings is 2. The number of methoxy groups -OCH3 is 2. The zero-order valence-electron chi connectivity index (χ0n) is 12.1. The molecule has 0 amide bonds. The molecular formula is C17H18Br2O2. The third-order valence-electron chi connectivity index (χ3n) is 3.34. The summed E-state index contributed by atoms with van der Waals surface area (Å²) in [5.74, 6) is 0.841. The zero-order valence-corrected chi connectivity index (χ0v) is 15.3. The Morgan fingerprint density at radius 2 is 1.67 bits per heavy atom. The number of hydrogen-bond donors (Lipinski definition) is 0. The minimum atomic E-state index is 0.163. The van der Waals surface area contributed by atoms with Crippen LogP contribution >= 0.6 is 31.9 Å². The van der Waals surface area contributed by atoms with Gasteiger partial charge in [-0.2, -0.15) is 0 Å². The van der Waals surface area contributed by atoms with Crippen LogP contribution < -0.4 is 4.74 Å². The van der Waals surface area contributed by atoms with Gasteiger partial charge in [0.15, 0.2) is 0 Å². The first-order chi connectivity index (χ1) is 10.2. The summed E-state index contributed by atoms with van der Waals surface area (Å²) in [4.78, 5) is 0.163. The lowest BCUT2D eigenvalue weighted by molar-refractivity contribution is 0.202. The molecule has 112 valence electrons. The third kappa shape index (κ3) is 4.31. The summed E-state index contributed by atoms with van der Waals surface area (Å²) in [7, 11) is 3.40. The van der Waals surface area contributed by atoms with Crippen LogP contribution in [0.3, 0.4) is 0 Å². The van der Waals surface area contributed by atoms with Gasteiger partial charge in [-0.3, -0.25) is 0 Å². The summed E-state index contributed by atoms with van der Waals surface area (Å²) >= 11 is 7.29. The van der Waals surface area contributed by atoms with Gasteiger partial charge in [-0.1, -0.05) is 46.3 Å². The summed E-state index contributed by atoms with van der Waals surface area (Å²) < 4.78 is 11.3. The molecule has 0 aliphatic heterocycles. The molecule has 0 aromatic heterocycles. The second-order valence-electron chi connectivity index (χ2n) is 4.74. The van der Waals surface area contributed by atoms with Crippen molar-refractivity contribution in [3.63, 3.8) is 0 Å². The normalized spacial score (nSPS) is 12.2. The van der Waals surface area contributed by atoms with Crippen molar-refractivity contribution in [3.8, 4) is 5.75 Å². The molecule has 0 N–H and O–H groups in total. The fraction of sp³-hybridized carbons (Fsp3) is 0.294. The standard InChI is InChI=1S/C17H18Br2O2/c1-20-10-9-12-3-5-13(6-4-12)17(19)14-7-8-16(21-2)15(18)11-14/h3-8,11,17H,9-10H2,1-2H3. The molecule has 0 fully saturated rings. The van der Waals surface area contributed by atoms with E-state index in [0.29, 0.717) is 0 Å². The molecule has 4 heteroatoms. The molecule has 0 spiro atoms. The average Bonchev–Trinajstić information content (AvgIpc) is 2.52. The van der Waals surface area contributed by atoms with Crippen molar-refractivity contribution in [2.75, 3.05) is 20.8 Å². The van der Waals surface area contributed by atoms with Gasteiger partial charge in [-0.15, -0.1) is 0 Å². The van der Waals surface area contributed by atoms with Crippen LogP contribution in [0.15, 0.2) is 46.9 Å². The highest BCUT2D eigenvalue weighted by Crippen LogP contribution is 2.35. The third-order valence-corrected chi connectivity index (χ3v) is 5.01. The largest absolute Gasteiger partial charge is 0.496 e. The zero-order chi connectivity index (χ0) is 15.2. The second kappa shape index (κ2) is 7.97. The Kier molecular flexibility index (Phi) is 6.27. The minimum Gasteiger partial charge on any atom is -0.496 e. The minimum absolute atomic E-state index is 0.163. The molecule has 2 aromatic rings. The molecule has 0 saturated carbocycles.